The molecule has 0 aliphatic carbocycles. The van der Waals surface area contributed by atoms with Gasteiger partial charge in [-0.3, -0.25) is 0 Å². The fourth-order valence-corrected chi connectivity index (χ4v) is 3.07. The molecule has 0 bridgehead atoms. The summed E-state index contributed by atoms with van der Waals surface area (Å²) in [6.45, 7) is 0. The van der Waals surface area contributed by atoms with Crippen LogP contribution in [0.1, 0.15) is 16.7 Å². The maximum atomic E-state index is 15.1. The van der Waals surface area contributed by atoms with Gasteiger partial charge in [-0.1, -0.05) is 0 Å². The molecule has 0 aliphatic rings. The molecule has 3 aromatic carbocycles. The molecule has 0 amide bonds. The zero-order valence-electron chi connectivity index (χ0n) is 17.5. The lowest BCUT2D eigenvalue weighted by molar-refractivity contribution is -0.140. The summed E-state index contributed by atoms with van der Waals surface area (Å²) in [4.78, 5) is 0. The Morgan fingerprint density at radius 2 is 0.919 bits per heavy atom. The normalized spacial score (nSPS) is 12.5. The molecule has 0 atom stereocenters. The van der Waals surface area contributed by atoms with Gasteiger partial charge in [-0.05, 0) is 36.4 Å². The van der Waals surface area contributed by atoms with E-state index in [9.17, 15) is 48.3 Å². The summed E-state index contributed by atoms with van der Waals surface area (Å²) in [5.74, 6) is -11.7. The second-order valence-corrected chi connectivity index (χ2v) is 7.12. The first kappa shape index (κ1) is 27.6. The summed E-state index contributed by atoms with van der Waals surface area (Å²) >= 11 is 0. The minimum absolute atomic E-state index is 0.0357. The van der Waals surface area contributed by atoms with E-state index in [0.29, 0.717) is 18.2 Å². The number of alkyl halides is 9. The molecular formula is C21H10F12N2O2. The van der Waals surface area contributed by atoms with E-state index < -0.39 is 87.0 Å². The van der Waals surface area contributed by atoms with Gasteiger partial charge in [-0.2, -0.15) is 43.9 Å². The number of nitrogens with two attached hydrogens (primary N) is 2. The molecule has 4 N–H and O–H groups in total. The monoisotopic (exact) mass is 550 g/mol. The summed E-state index contributed by atoms with van der Waals surface area (Å²) in [5.41, 5.74) is 1.000. The fourth-order valence-electron chi connectivity index (χ4n) is 3.07. The van der Waals surface area contributed by atoms with E-state index in [2.05, 4.69) is 4.74 Å². The van der Waals surface area contributed by atoms with E-state index in [1.54, 1.807) is 0 Å². The molecule has 16 heteroatoms. The van der Waals surface area contributed by atoms with Crippen LogP contribution in [0.4, 0.5) is 64.1 Å². The van der Waals surface area contributed by atoms with Gasteiger partial charge in [-0.25, -0.2) is 8.78 Å². The van der Waals surface area contributed by atoms with Crippen molar-refractivity contribution in [2.24, 2.45) is 0 Å². The summed E-state index contributed by atoms with van der Waals surface area (Å²) in [7, 11) is 0. The number of nitrogen functional groups attached to an aromatic ring is 2. The standard InChI is InChI=1S/C21H10F12N2O2/c22-8-2-5-10(13(16(8)34)20(28,29)30)36-12-4-1-7(19(25,26)27)18(15(12)24)37-11-6-3-9(23)17(35)14(11)21(31,32)33/h1-6H,34-35H2. The molecule has 0 aromatic heterocycles. The highest BCUT2D eigenvalue weighted by molar-refractivity contribution is 5.60. The van der Waals surface area contributed by atoms with Crippen LogP contribution in [0.25, 0.3) is 0 Å². The largest absolute Gasteiger partial charge is 0.453 e. The van der Waals surface area contributed by atoms with Crippen LogP contribution in [0.3, 0.4) is 0 Å². The Kier molecular flexibility index (Phi) is 6.83. The third kappa shape index (κ3) is 5.41. The van der Waals surface area contributed by atoms with Gasteiger partial charge >= 0.3 is 18.5 Å². The van der Waals surface area contributed by atoms with Crippen molar-refractivity contribution in [2.45, 2.75) is 18.5 Å². The van der Waals surface area contributed by atoms with Crippen LogP contribution in [0.5, 0.6) is 23.0 Å². The van der Waals surface area contributed by atoms with Crippen molar-refractivity contribution >= 4 is 11.4 Å². The number of halogens is 12. The van der Waals surface area contributed by atoms with Crippen molar-refractivity contribution in [3.63, 3.8) is 0 Å². The highest BCUT2D eigenvalue weighted by atomic mass is 19.4. The Morgan fingerprint density at radius 3 is 1.32 bits per heavy atom. The molecule has 37 heavy (non-hydrogen) atoms. The first-order valence-electron chi connectivity index (χ1n) is 9.39. The third-order valence-electron chi connectivity index (χ3n) is 4.67. The van der Waals surface area contributed by atoms with Crippen molar-refractivity contribution in [3.8, 4) is 23.0 Å². The van der Waals surface area contributed by atoms with Gasteiger partial charge in [0.2, 0.25) is 5.82 Å². The lowest BCUT2D eigenvalue weighted by atomic mass is 10.1. The third-order valence-corrected chi connectivity index (χ3v) is 4.67. The Bertz CT molecular complexity index is 1350. The average Bonchev–Trinajstić information content (AvgIpc) is 2.73. The number of hydrogen-bond acceptors (Lipinski definition) is 4. The highest BCUT2D eigenvalue weighted by Gasteiger charge is 2.42. The SMILES string of the molecule is Nc1c(F)ccc(Oc2ccc(C(F)(F)F)c(Oc3ccc(F)c(N)c3C(F)(F)F)c2F)c1C(F)(F)F. The van der Waals surface area contributed by atoms with Crippen molar-refractivity contribution in [2.75, 3.05) is 11.5 Å². The molecule has 0 heterocycles. The molecule has 0 radical (unpaired) electrons. The average molecular weight is 550 g/mol. The lowest BCUT2D eigenvalue weighted by Gasteiger charge is -2.21. The summed E-state index contributed by atoms with van der Waals surface area (Å²) in [6.07, 6.45) is -16.3. The van der Waals surface area contributed by atoms with Crippen LogP contribution in [0, 0.1) is 17.5 Å². The van der Waals surface area contributed by atoms with Crippen molar-refractivity contribution in [3.05, 3.63) is 70.5 Å². The van der Waals surface area contributed by atoms with Crippen LogP contribution < -0.4 is 20.9 Å². The van der Waals surface area contributed by atoms with Gasteiger partial charge in [0, 0.05) is 0 Å². The Morgan fingerprint density at radius 1 is 0.514 bits per heavy atom. The summed E-state index contributed by atoms with van der Waals surface area (Å²) in [5, 5.41) is 0. The topological polar surface area (TPSA) is 70.5 Å². The van der Waals surface area contributed by atoms with E-state index in [0.717, 1.165) is 0 Å². The minimum atomic E-state index is -5.49. The second kappa shape index (κ2) is 9.15. The molecule has 0 fully saturated rings. The Balaban J connectivity index is 2.22. The molecule has 0 unspecified atom stereocenters. The number of hydrogen-bond donors (Lipinski definition) is 2. The first-order valence-corrected chi connectivity index (χ1v) is 9.39. The zero-order chi connectivity index (χ0) is 28.1. The van der Waals surface area contributed by atoms with E-state index in [-0.39, 0.29) is 18.2 Å². The summed E-state index contributed by atoms with van der Waals surface area (Å²) < 4.78 is 172. The van der Waals surface area contributed by atoms with E-state index in [1.165, 1.54) is 0 Å². The molecule has 0 spiro atoms. The van der Waals surface area contributed by atoms with Crippen molar-refractivity contribution < 1.29 is 62.2 Å². The van der Waals surface area contributed by atoms with E-state index in [1.807, 2.05) is 0 Å². The van der Waals surface area contributed by atoms with Gasteiger partial charge in [0.25, 0.3) is 0 Å². The summed E-state index contributed by atoms with van der Waals surface area (Å²) in [6, 6.07) is 1.47. The van der Waals surface area contributed by atoms with Crippen LogP contribution in [0.2, 0.25) is 0 Å². The van der Waals surface area contributed by atoms with Crippen molar-refractivity contribution in [1.29, 1.82) is 0 Å². The van der Waals surface area contributed by atoms with Crippen LogP contribution in [-0.4, -0.2) is 0 Å². The fraction of sp³-hybridized carbons (Fsp3) is 0.143. The molecule has 200 valence electrons. The first-order chi connectivity index (χ1) is 16.8. The van der Waals surface area contributed by atoms with Crippen LogP contribution in [-0.2, 0) is 18.5 Å². The van der Waals surface area contributed by atoms with E-state index >= 15 is 4.39 Å². The molecule has 3 rings (SSSR count). The molecule has 0 saturated carbocycles. The van der Waals surface area contributed by atoms with Gasteiger partial charge in [0.05, 0.1) is 11.4 Å². The molecule has 3 aromatic rings. The van der Waals surface area contributed by atoms with Crippen LogP contribution in [0.15, 0.2) is 36.4 Å². The molecular weight excluding hydrogens is 540 g/mol. The van der Waals surface area contributed by atoms with Gasteiger partial charge in [0.15, 0.2) is 11.5 Å². The number of benzene rings is 3. The lowest BCUT2D eigenvalue weighted by Crippen LogP contribution is -2.14. The quantitative estimate of drug-likeness (QED) is 0.256. The highest BCUT2D eigenvalue weighted by Crippen LogP contribution is 2.49. The van der Waals surface area contributed by atoms with E-state index in [4.69, 9.17) is 16.2 Å². The molecule has 0 saturated heterocycles. The van der Waals surface area contributed by atoms with Gasteiger partial charge < -0.3 is 20.9 Å². The predicted octanol–water partition coefficient (Wildman–Crippen LogP) is 7.91. The smallest absolute Gasteiger partial charge is 0.422 e. The number of anilines is 2. The minimum Gasteiger partial charge on any atom is -0.453 e. The number of rotatable bonds is 4. The van der Waals surface area contributed by atoms with Crippen LogP contribution >= 0.6 is 0 Å². The maximum Gasteiger partial charge on any atom is 0.422 e. The Labute approximate surface area is 198 Å². The predicted molar refractivity (Wildman–Crippen MR) is 103 cm³/mol. The number of ether oxygens (including phenoxy) is 2. The maximum absolute atomic E-state index is 15.1. The second-order valence-electron chi connectivity index (χ2n) is 7.12. The van der Waals surface area contributed by atoms with Gasteiger partial charge in [-0.15, -0.1) is 0 Å². The molecule has 0 aliphatic heterocycles. The Hall–Kier alpha value is -3.98. The van der Waals surface area contributed by atoms with Gasteiger partial charge in [0.1, 0.15) is 39.8 Å². The van der Waals surface area contributed by atoms with Crippen molar-refractivity contribution in [1.82, 2.24) is 0 Å². The molecule has 4 nitrogen and oxygen atoms in total. The zero-order valence-corrected chi connectivity index (χ0v) is 17.5.